The van der Waals surface area contributed by atoms with Crippen molar-refractivity contribution in [1.82, 2.24) is 25.5 Å². The Morgan fingerprint density at radius 3 is 2.59 bits per heavy atom. The maximum absolute atomic E-state index is 13.5. The Bertz CT molecular complexity index is 1490. The number of nitrogens with one attached hydrogen (secondary N) is 1. The van der Waals surface area contributed by atoms with Gasteiger partial charge in [0.25, 0.3) is 0 Å². The second-order valence-electron chi connectivity index (χ2n) is 10.8. The number of aromatic amines is 1. The van der Waals surface area contributed by atoms with E-state index in [0.717, 1.165) is 77.1 Å². The molecule has 4 aromatic rings. The number of nitrogens with zero attached hydrogens (tertiary/aromatic N) is 4. The third kappa shape index (κ3) is 6.22. The highest BCUT2D eigenvalue weighted by atomic mass is 79.9. The fourth-order valence-corrected chi connectivity index (χ4v) is 6.41. The number of ether oxygens (including phenoxy) is 1. The largest absolute Gasteiger partial charge is 0.466 e. The molecule has 0 spiro atoms. The Morgan fingerprint density at radius 1 is 1.10 bits per heavy atom. The van der Waals surface area contributed by atoms with Crippen LogP contribution in [-0.4, -0.2) is 50.6 Å². The number of fused-ring (bicyclic) bond motifs is 1. The Labute approximate surface area is 248 Å². The van der Waals surface area contributed by atoms with E-state index in [1.165, 1.54) is 0 Å². The Kier molecular flexibility index (Phi) is 9.17. The minimum absolute atomic E-state index is 0.0788. The maximum atomic E-state index is 13.5. The molecule has 1 fully saturated rings. The van der Waals surface area contributed by atoms with E-state index in [2.05, 4.69) is 49.5 Å². The van der Waals surface area contributed by atoms with Gasteiger partial charge in [0.05, 0.1) is 16.5 Å². The van der Waals surface area contributed by atoms with Gasteiger partial charge >= 0.3 is 5.97 Å². The lowest BCUT2D eigenvalue weighted by atomic mass is 9.85. The van der Waals surface area contributed by atoms with Gasteiger partial charge in [0, 0.05) is 36.0 Å². The maximum Gasteiger partial charge on any atom is 0.313 e. The number of hydrogen-bond donors (Lipinski definition) is 1. The molecule has 9 nitrogen and oxygen atoms in total. The summed E-state index contributed by atoms with van der Waals surface area (Å²) < 4.78 is 12.6. The number of unbranched alkanes of at least 4 members (excludes halogenated alkanes) is 2. The number of H-pyrrole nitrogens is 1. The molecule has 0 radical (unpaired) electrons. The van der Waals surface area contributed by atoms with Crippen LogP contribution in [0.4, 0.5) is 0 Å². The SMILES string of the molecule is CCCCCC(=O)N(Cc1ccc2oc(-c3ccccc3-c3nn[nH]n3)c(Br)c2c1)CC1(C(=O)OCC)CCCC1. The number of aromatic nitrogens is 4. The summed E-state index contributed by atoms with van der Waals surface area (Å²) in [7, 11) is 0. The van der Waals surface area contributed by atoms with Crippen LogP contribution in [0.15, 0.2) is 51.4 Å². The summed E-state index contributed by atoms with van der Waals surface area (Å²) >= 11 is 3.77. The van der Waals surface area contributed by atoms with E-state index in [-0.39, 0.29) is 11.9 Å². The summed E-state index contributed by atoms with van der Waals surface area (Å²) in [5.74, 6) is 1.04. The Hall–Kier alpha value is -3.53. The van der Waals surface area contributed by atoms with Crippen LogP contribution in [0.1, 0.15) is 70.8 Å². The molecule has 10 heteroatoms. The first-order valence-electron chi connectivity index (χ1n) is 14.4. The zero-order chi connectivity index (χ0) is 28.8. The first-order valence-corrected chi connectivity index (χ1v) is 15.2. The van der Waals surface area contributed by atoms with E-state index in [4.69, 9.17) is 9.15 Å². The van der Waals surface area contributed by atoms with Gasteiger partial charge in [-0.05, 0) is 65.0 Å². The molecule has 1 N–H and O–H groups in total. The average molecular weight is 623 g/mol. The summed E-state index contributed by atoms with van der Waals surface area (Å²) in [5, 5.41) is 15.4. The van der Waals surface area contributed by atoms with Crippen molar-refractivity contribution in [3.8, 4) is 22.7 Å². The van der Waals surface area contributed by atoms with Gasteiger partial charge in [0.2, 0.25) is 11.7 Å². The van der Waals surface area contributed by atoms with Crippen LogP contribution in [0.3, 0.4) is 0 Å². The first kappa shape index (κ1) is 29.0. The number of furan rings is 1. The molecule has 0 unspecified atom stereocenters. The van der Waals surface area contributed by atoms with E-state index < -0.39 is 5.41 Å². The highest BCUT2D eigenvalue weighted by Gasteiger charge is 2.44. The van der Waals surface area contributed by atoms with Gasteiger partial charge < -0.3 is 14.1 Å². The minimum Gasteiger partial charge on any atom is -0.466 e. The van der Waals surface area contributed by atoms with Crippen molar-refractivity contribution >= 4 is 38.8 Å². The zero-order valence-electron chi connectivity index (χ0n) is 23.6. The molecular weight excluding hydrogens is 586 g/mol. The second kappa shape index (κ2) is 13.0. The average Bonchev–Trinajstić information content (AvgIpc) is 3.75. The second-order valence-corrected chi connectivity index (χ2v) is 11.6. The molecule has 2 aromatic carbocycles. The van der Waals surface area contributed by atoms with Crippen molar-refractivity contribution in [1.29, 1.82) is 0 Å². The van der Waals surface area contributed by atoms with Gasteiger partial charge in [-0.1, -0.05) is 62.9 Å². The van der Waals surface area contributed by atoms with Crippen molar-refractivity contribution < 1.29 is 18.7 Å². The van der Waals surface area contributed by atoms with Crippen molar-refractivity contribution in [2.24, 2.45) is 5.41 Å². The van der Waals surface area contributed by atoms with Gasteiger partial charge in [-0.2, -0.15) is 5.21 Å². The molecule has 2 aromatic heterocycles. The molecule has 2 heterocycles. The van der Waals surface area contributed by atoms with Crippen LogP contribution in [0.5, 0.6) is 0 Å². The van der Waals surface area contributed by atoms with Crippen LogP contribution in [0.25, 0.3) is 33.7 Å². The van der Waals surface area contributed by atoms with Crippen molar-refractivity contribution in [2.75, 3.05) is 13.2 Å². The molecule has 1 saturated carbocycles. The van der Waals surface area contributed by atoms with Crippen LogP contribution in [0.2, 0.25) is 0 Å². The lowest BCUT2D eigenvalue weighted by molar-refractivity contribution is -0.157. The van der Waals surface area contributed by atoms with Crippen LogP contribution in [-0.2, 0) is 20.9 Å². The first-order chi connectivity index (χ1) is 20.0. The van der Waals surface area contributed by atoms with E-state index in [1.807, 2.05) is 48.2 Å². The summed E-state index contributed by atoms with van der Waals surface area (Å²) in [6, 6.07) is 13.7. The smallest absolute Gasteiger partial charge is 0.313 e. The van der Waals surface area contributed by atoms with Crippen molar-refractivity contribution in [3.63, 3.8) is 0 Å². The van der Waals surface area contributed by atoms with Gasteiger partial charge in [-0.25, -0.2) is 0 Å². The number of esters is 1. The predicted octanol–water partition coefficient (Wildman–Crippen LogP) is 7.07. The Balaban J connectivity index is 1.46. The lowest BCUT2D eigenvalue weighted by Crippen LogP contribution is -2.44. The lowest BCUT2D eigenvalue weighted by Gasteiger charge is -2.34. The number of amides is 1. The fourth-order valence-electron chi connectivity index (χ4n) is 5.80. The van der Waals surface area contributed by atoms with Gasteiger partial charge in [0.1, 0.15) is 11.3 Å². The monoisotopic (exact) mass is 621 g/mol. The molecule has 41 heavy (non-hydrogen) atoms. The number of tetrazole rings is 1. The van der Waals surface area contributed by atoms with Crippen LogP contribution >= 0.6 is 15.9 Å². The summed E-state index contributed by atoms with van der Waals surface area (Å²) in [5.41, 5.74) is 2.69. The molecule has 1 amide bonds. The molecule has 0 saturated heterocycles. The third-order valence-electron chi connectivity index (χ3n) is 7.93. The fraction of sp³-hybridized carbons (Fsp3) is 0.452. The predicted molar refractivity (Wildman–Crippen MR) is 160 cm³/mol. The van der Waals surface area contributed by atoms with Gasteiger partial charge in [-0.15, -0.1) is 10.2 Å². The van der Waals surface area contributed by atoms with Crippen LogP contribution in [0, 0.1) is 5.41 Å². The molecule has 0 aliphatic heterocycles. The molecule has 0 bridgehead atoms. The molecule has 1 aliphatic rings. The van der Waals surface area contributed by atoms with E-state index in [0.29, 0.717) is 37.7 Å². The zero-order valence-corrected chi connectivity index (χ0v) is 25.2. The Morgan fingerprint density at radius 2 is 1.88 bits per heavy atom. The van der Waals surface area contributed by atoms with Crippen LogP contribution < -0.4 is 0 Å². The van der Waals surface area contributed by atoms with E-state index >= 15 is 0 Å². The number of rotatable bonds is 12. The quantitative estimate of drug-likeness (QED) is 0.133. The minimum atomic E-state index is -0.636. The molecule has 1 aliphatic carbocycles. The third-order valence-corrected chi connectivity index (χ3v) is 8.72. The van der Waals surface area contributed by atoms with E-state index in [1.54, 1.807) is 0 Å². The number of carbonyl (C=O) groups is 2. The normalized spacial score (nSPS) is 14.4. The topological polar surface area (TPSA) is 114 Å². The van der Waals surface area contributed by atoms with Gasteiger partial charge in [0.15, 0.2) is 0 Å². The number of halogens is 1. The standard InChI is InChI=1S/C31H36BrN5O4/c1-3-5-6-13-26(38)37(20-31(16-9-10-17-31)30(39)40-4-2)19-21-14-15-25-24(18-21)27(32)28(41-25)22-11-7-8-12-23(22)29-33-35-36-34-29/h7-8,11-12,14-15,18H,3-6,9-10,13,16-17,19-20H2,1-2H3,(H,33,34,35,36). The summed E-state index contributed by atoms with van der Waals surface area (Å²) in [4.78, 5) is 28.5. The number of benzene rings is 2. The molecule has 216 valence electrons. The molecule has 0 atom stereocenters. The molecule has 5 rings (SSSR count). The van der Waals surface area contributed by atoms with E-state index in [9.17, 15) is 9.59 Å². The number of carbonyl (C=O) groups excluding carboxylic acids is 2. The molecular formula is C31H36BrN5O4. The highest BCUT2D eigenvalue weighted by Crippen LogP contribution is 2.43. The van der Waals surface area contributed by atoms with Crippen molar-refractivity contribution in [3.05, 3.63) is 52.5 Å². The van der Waals surface area contributed by atoms with Gasteiger partial charge in [-0.3, -0.25) is 9.59 Å². The summed E-state index contributed by atoms with van der Waals surface area (Å²) in [6.07, 6.45) is 6.81. The highest BCUT2D eigenvalue weighted by molar-refractivity contribution is 9.10. The van der Waals surface area contributed by atoms with Crippen molar-refractivity contribution in [2.45, 2.75) is 71.8 Å². The number of hydrogen-bond acceptors (Lipinski definition) is 7. The summed E-state index contributed by atoms with van der Waals surface area (Å²) in [6.45, 7) is 5.10.